The Kier molecular flexibility index (Phi) is 3.31. The van der Waals surface area contributed by atoms with Crippen LogP contribution in [-0.4, -0.2) is 23.5 Å². The zero-order valence-corrected chi connectivity index (χ0v) is 9.95. The number of hydrogen-bond acceptors (Lipinski definition) is 2. The van der Waals surface area contributed by atoms with Gasteiger partial charge in [0.25, 0.3) is 0 Å². The number of rotatable bonds is 2. The summed E-state index contributed by atoms with van der Waals surface area (Å²) in [6.07, 6.45) is 6.27. The van der Waals surface area contributed by atoms with Crippen LogP contribution in [0, 0.1) is 23.2 Å². The van der Waals surface area contributed by atoms with E-state index >= 15 is 0 Å². The minimum Gasteiger partial charge on any atom is -0.297 e. The van der Waals surface area contributed by atoms with Crippen LogP contribution in [0.4, 0.5) is 0 Å². The van der Waals surface area contributed by atoms with Gasteiger partial charge in [0.05, 0.1) is 6.07 Å². The van der Waals surface area contributed by atoms with Gasteiger partial charge in [-0.15, -0.1) is 0 Å². The first kappa shape index (κ1) is 11.0. The third kappa shape index (κ3) is 2.34. The maximum Gasteiger partial charge on any atom is 0.0657 e. The third-order valence-electron chi connectivity index (χ3n) is 3.88. The van der Waals surface area contributed by atoms with E-state index in [1.54, 1.807) is 0 Å². The quantitative estimate of drug-likeness (QED) is 0.694. The highest BCUT2D eigenvalue weighted by atomic mass is 15.2. The molecule has 0 aromatic carbocycles. The van der Waals surface area contributed by atoms with Crippen molar-refractivity contribution in [2.45, 2.75) is 58.0 Å². The maximum absolute atomic E-state index is 9.05. The normalized spacial score (nSPS) is 36.5. The first-order valence-corrected chi connectivity index (χ1v) is 6.36. The second-order valence-corrected chi connectivity index (χ2v) is 5.63. The molecule has 84 valence electrons. The van der Waals surface area contributed by atoms with E-state index in [1.807, 2.05) is 0 Å². The summed E-state index contributed by atoms with van der Waals surface area (Å²) in [7, 11) is 0. The molecule has 0 aromatic rings. The monoisotopic (exact) mass is 206 g/mol. The standard InChI is InChI=1S/C13H22N2/c1-10(2)9-15-12-4-3-5-13(15)7-11(6-12)8-14/h10-13H,3-7,9H2,1-2H3/t11-,12-,13+. The minimum atomic E-state index is 0.337. The molecule has 2 aliphatic rings. The molecule has 0 amide bonds. The molecule has 0 unspecified atom stereocenters. The van der Waals surface area contributed by atoms with Crippen molar-refractivity contribution in [3.63, 3.8) is 0 Å². The Balaban J connectivity index is 2.04. The molecule has 2 rings (SSSR count). The molecule has 2 nitrogen and oxygen atoms in total. The van der Waals surface area contributed by atoms with Crippen molar-refractivity contribution in [3.8, 4) is 6.07 Å². The Hall–Kier alpha value is -0.550. The van der Waals surface area contributed by atoms with Gasteiger partial charge < -0.3 is 0 Å². The predicted octanol–water partition coefficient (Wildman–Crippen LogP) is 2.80. The van der Waals surface area contributed by atoms with Crippen molar-refractivity contribution in [1.82, 2.24) is 4.90 Å². The molecule has 0 radical (unpaired) electrons. The Labute approximate surface area is 93.3 Å². The summed E-state index contributed by atoms with van der Waals surface area (Å²) >= 11 is 0. The van der Waals surface area contributed by atoms with Gasteiger partial charge in [0.15, 0.2) is 0 Å². The molecule has 0 spiro atoms. The molecule has 2 bridgehead atoms. The molecular formula is C13H22N2. The molecule has 2 fully saturated rings. The lowest BCUT2D eigenvalue weighted by Gasteiger charge is -2.48. The highest BCUT2D eigenvalue weighted by molar-refractivity contribution is 4.99. The topological polar surface area (TPSA) is 27.0 Å². The number of nitrogens with zero attached hydrogens (tertiary/aromatic N) is 2. The summed E-state index contributed by atoms with van der Waals surface area (Å²) in [5.74, 6) is 1.09. The molecule has 0 N–H and O–H groups in total. The number of hydrogen-bond donors (Lipinski definition) is 0. The average Bonchev–Trinajstić information content (AvgIpc) is 2.16. The summed E-state index contributed by atoms with van der Waals surface area (Å²) < 4.78 is 0. The Morgan fingerprint density at radius 2 is 1.87 bits per heavy atom. The zero-order valence-electron chi connectivity index (χ0n) is 9.95. The van der Waals surface area contributed by atoms with Crippen LogP contribution in [0.25, 0.3) is 0 Å². The largest absolute Gasteiger partial charge is 0.297 e. The SMILES string of the molecule is CC(C)CN1[C@@H]2CCC[C@H]1C[C@H](C#N)C2. The molecule has 0 aliphatic carbocycles. The van der Waals surface area contributed by atoms with E-state index in [9.17, 15) is 0 Å². The summed E-state index contributed by atoms with van der Waals surface area (Å²) in [4.78, 5) is 2.70. The van der Waals surface area contributed by atoms with Crippen molar-refractivity contribution in [2.75, 3.05) is 6.54 Å². The van der Waals surface area contributed by atoms with Crippen molar-refractivity contribution in [1.29, 1.82) is 5.26 Å². The van der Waals surface area contributed by atoms with Crippen LogP contribution in [0.3, 0.4) is 0 Å². The van der Waals surface area contributed by atoms with Crippen LogP contribution < -0.4 is 0 Å². The van der Waals surface area contributed by atoms with Gasteiger partial charge in [0.1, 0.15) is 0 Å². The molecular weight excluding hydrogens is 184 g/mol. The fourth-order valence-electron chi connectivity index (χ4n) is 3.30. The molecule has 3 atom stereocenters. The molecule has 0 saturated carbocycles. The van der Waals surface area contributed by atoms with Crippen LogP contribution in [0.5, 0.6) is 0 Å². The van der Waals surface area contributed by atoms with Gasteiger partial charge in [0, 0.05) is 24.5 Å². The van der Waals surface area contributed by atoms with E-state index in [0.717, 1.165) is 18.8 Å². The Morgan fingerprint density at radius 1 is 1.27 bits per heavy atom. The summed E-state index contributed by atoms with van der Waals surface area (Å²) in [6, 6.07) is 3.90. The zero-order chi connectivity index (χ0) is 10.8. The molecule has 2 saturated heterocycles. The highest BCUT2D eigenvalue weighted by Crippen LogP contribution is 2.36. The third-order valence-corrected chi connectivity index (χ3v) is 3.88. The van der Waals surface area contributed by atoms with Crippen LogP contribution >= 0.6 is 0 Å². The molecule has 15 heavy (non-hydrogen) atoms. The summed E-state index contributed by atoms with van der Waals surface area (Å²) in [5, 5.41) is 9.05. The van der Waals surface area contributed by atoms with Crippen LogP contribution in [0.15, 0.2) is 0 Å². The van der Waals surface area contributed by atoms with E-state index in [1.165, 1.54) is 25.8 Å². The van der Waals surface area contributed by atoms with E-state index in [-0.39, 0.29) is 0 Å². The maximum atomic E-state index is 9.05. The highest BCUT2D eigenvalue weighted by Gasteiger charge is 2.38. The lowest BCUT2D eigenvalue weighted by atomic mass is 9.78. The lowest BCUT2D eigenvalue weighted by Crippen LogP contribution is -2.52. The van der Waals surface area contributed by atoms with E-state index in [4.69, 9.17) is 5.26 Å². The lowest BCUT2D eigenvalue weighted by molar-refractivity contribution is 0.0165. The van der Waals surface area contributed by atoms with Crippen LogP contribution in [0.1, 0.15) is 46.0 Å². The first-order valence-electron chi connectivity index (χ1n) is 6.36. The number of nitriles is 1. The predicted molar refractivity (Wildman–Crippen MR) is 61.3 cm³/mol. The van der Waals surface area contributed by atoms with Crippen molar-refractivity contribution in [3.05, 3.63) is 0 Å². The van der Waals surface area contributed by atoms with E-state index in [2.05, 4.69) is 24.8 Å². The minimum absolute atomic E-state index is 0.337. The smallest absolute Gasteiger partial charge is 0.0657 e. The van der Waals surface area contributed by atoms with Crippen LogP contribution in [-0.2, 0) is 0 Å². The fourth-order valence-corrected chi connectivity index (χ4v) is 3.30. The van der Waals surface area contributed by atoms with Crippen molar-refractivity contribution >= 4 is 0 Å². The summed E-state index contributed by atoms with van der Waals surface area (Å²) in [5.41, 5.74) is 0. The van der Waals surface area contributed by atoms with E-state index < -0.39 is 0 Å². The van der Waals surface area contributed by atoms with Crippen LogP contribution in [0.2, 0.25) is 0 Å². The van der Waals surface area contributed by atoms with Gasteiger partial charge in [-0.25, -0.2) is 0 Å². The van der Waals surface area contributed by atoms with E-state index in [0.29, 0.717) is 18.0 Å². The second-order valence-electron chi connectivity index (χ2n) is 5.63. The first-order chi connectivity index (χ1) is 7.20. The molecule has 2 aliphatic heterocycles. The van der Waals surface area contributed by atoms with Gasteiger partial charge >= 0.3 is 0 Å². The van der Waals surface area contributed by atoms with Crippen molar-refractivity contribution < 1.29 is 0 Å². The Morgan fingerprint density at radius 3 is 2.33 bits per heavy atom. The molecule has 2 heterocycles. The molecule has 0 aromatic heterocycles. The number of piperidine rings is 2. The average molecular weight is 206 g/mol. The van der Waals surface area contributed by atoms with Gasteiger partial charge in [-0.05, 0) is 31.6 Å². The Bertz CT molecular complexity index is 240. The number of fused-ring (bicyclic) bond motifs is 2. The van der Waals surface area contributed by atoms with Gasteiger partial charge in [-0.1, -0.05) is 20.3 Å². The van der Waals surface area contributed by atoms with Gasteiger partial charge in [0.2, 0.25) is 0 Å². The summed E-state index contributed by atoms with van der Waals surface area (Å²) in [6.45, 7) is 5.83. The second kappa shape index (κ2) is 4.53. The van der Waals surface area contributed by atoms with Gasteiger partial charge in [-0.2, -0.15) is 5.26 Å². The fraction of sp³-hybridized carbons (Fsp3) is 0.923. The van der Waals surface area contributed by atoms with Gasteiger partial charge in [-0.3, -0.25) is 4.90 Å². The molecule has 2 heteroatoms. The van der Waals surface area contributed by atoms with Crippen molar-refractivity contribution in [2.24, 2.45) is 11.8 Å².